The van der Waals surface area contributed by atoms with Crippen LogP contribution in [0.2, 0.25) is 0 Å². The lowest BCUT2D eigenvalue weighted by molar-refractivity contribution is 0.0526. The molecule has 2 N–H and O–H groups in total. The minimum absolute atomic E-state index is 0.384. The van der Waals surface area contributed by atoms with Gasteiger partial charge in [0.1, 0.15) is 10.2 Å². The number of carbonyl (C=O) groups is 1. The van der Waals surface area contributed by atoms with Crippen molar-refractivity contribution in [1.82, 2.24) is 10.3 Å². The van der Waals surface area contributed by atoms with Gasteiger partial charge in [-0.25, -0.2) is 9.78 Å². The van der Waals surface area contributed by atoms with Gasteiger partial charge in [-0.2, -0.15) is 0 Å². The highest BCUT2D eigenvalue weighted by Crippen LogP contribution is 2.29. The van der Waals surface area contributed by atoms with E-state index in [-0.39, 0.29) is 6.09 Å². The maximum atomic E-state index is 11.6. The molecule has 2 rings (SSSR count). The maximum Gasteiger partial charge on any atom is 0.407 e. The smallest absolute Gasteiger partial charge is 0.407 e. The number of unbranched alkanes of at least 4 members (excludes halogenated alkanes) is 2. The highest BCUT2D eigenvalue weighted by molar-refractivity contribution is 9.10. The van der Waals surface area contributed by atoms with Gasteiger partial charge in [0, 0.05) is 11.9 Å². The number of halogens is 1. The Labute approximate surface area is 163 Å². The minimum atomic E-state index is -0.530. The van der Waals surface area contributed by atoms with Crippen molar-refractivity contribution in [2.24, 2.45) is 0 Å². The molecule has 2 aromatic rings. The van der Waals surface area contributed by atoms with Crippen LogP contribution in [0.3, 0.4) is 0 Å². The van der Waals surface area contributed by atoms with Crippen molar-refractivity contribution >= 4 is 32.9 Å². The Bertz CT molecular complexity index is 743. The molecule has 0 radical (unpaired) electrons. The Morgan fingerprint density at radius 1 is 1.27 bits per heavy atom. The minimum Gasteiger partial charge on any atom is -0.444 e. The molecule has 0 aliphatic carbocycles. The number of aromatic nitrogens is 1. The standard InChI is InChI=1S/C20H27BrN2O3/c1-20(2,3)26-19(25)22-12-8-4-5-11-17(24)15-13-18(21)23-16-10-7-6-9-14(15)16/h6-7,9-10,13,17,24H,4-5,8,11-12H2,1-3H3,(H,22,25). The zero-order valence-electron chi connectivity index (χ0n) is 15.6. The van der Waals surface area contributed by atoms with Crippen molar-refractivity contribution in [3.63, 3.8) is 0 Å². The molecule has 1 aromatic heterocycles. The summed E-state index contributed by atoms with van der Waals surface area (Å²) in [5.41, 5.74) is 1.29. The number of alkyl carbamates (subject to hydrolysis) is 1. The van der Waals surface area contributed by atoms with E-state index in [0.717, 1.165) is 40.3 Å². The largest absolute Gasteiger partial charge is 0.444 e. The Kier molecular flexibility index (Phi) is 7.41. The molecule has 26 heavy (non-hydrogen) atoms. The molecule has 1 aromatic carbocycles. The lowest BCUT2D eigenvalue weighted by Gasteiger charge is -2.19. The molecular formula is C20H27BrN2O3. The van der Waals surface area contributed by atoms with E-state index in [4.69, 9.17) is 4.74 Å². The van der Waals surface area contributed by atoms with E-state index in [0.29, 0.717) is 13.0 Å². The van der Waals surface area contributed by atoms with E-state index in [1.54, 1.807) is 0 Å². The summed E-state index contributed by atoms with van der Waals surface area (Å²) in [5, 5.41) is 14.3. The second kappa shape index (κ2) is 9.33. The van der Waals surface area contributed by atoms with Crippen LogP contribution in [0.25, 0.3) is 10.9 Å². The number of nitrogens with one attached hydrogen (secondary N) is 1. The Morgan fingerprint density at radius 3 is 2.73 bits per heavy atom. The number of hydrogen-bond acceptors (Lipinski definition) is 4. The number of fused-ring (bicyclic) bond motifs is 1. The fourth-order valence-electron chi connectivity index (χ4n) is 2.74. The lowest BCUT2D eigenvalue weighted by atomic mass is 9.99. The van der Waals surface area contributed by atoms with Crippen molar-refractivity contribution in [2.75, 3.05) is 6.54 Å². The van der Waals surface area contributed by atoms with E-state index in [9.17, 15) is 9.90 Å². The second-order valence-corrected chi connectivity index (χ2v) is 8.16. The normalized spacial score (nSPS) is 12.8. The van der Waals surface area contributed by atoms with Crippen molar-refractivity contribution in [2.45, 2.75) is 58.2 Å². The molecule has 1 atom stereocenters. The number of pyridine rings is 1. The molecule has 0 aliphatic rings. The third-order valence-corrected chi connectivity index (χ3v) is 4.30. The summed E-state index contributed by atoms with van der Waals surface area (Å²) in [4.78, 5) is 16.0. The van der Waals surface area contributed by atoms with Crippen LogP contribution >= 0.6 is 15.9 Å². The van der Waals surface area contributed by atoms with Crippen LogP contribution in [0.1, 0.15) is 58.1 Å². The Hall–Kier alpha value is -1.66. The van der Waals surface area contributed by atoms with Gasteiger partial charge in [0.15, 0.2) is 0 Å². The number of nitrogens with zero attached hydrogens (tertiary/aromatic N) is 1. The highest BCUT2D eigenvalue weighted by atomic mass is 79.9. The van der Waals surface area contributed by atoms with Crippen LogP contribution in [0.4, 0.5) is 4.79 Å². The average molecular weight is 423 g/mol. The molecule has 1 heterocycles. The average Bonchev–Trinajstić information content (AvgIpc) is 2.55. The van der Waals surface area contributed by atoms with Crippen LogP contribution in [0.5, 0.6) is 0 Å². The molecule has 0 aliphatic heterocycles. The molecule has 0 saturated carbocycles. The van der Waals surface area contributed by atoms with Crippen LogP contribution < -0.4 is 5.32 Å². The van der Waals surface area contributed by atoms with Crippen LogP contribution in [-0.4, -0.2) is 28.3 Å². The first-order chi connectivity index (χ1) is 12.3. The van der Waals surface area contributed by atoms with Gasteiger partial charge in [-0.1, -0.05) is 31.0 Å². The molecule has 0 saturated heterocycles. The first kappa shape index (κ1) is 20.6. The first-order valence-corrected chi connectivity index (χ1v) is 9.75. The predicted octanol–water partition coefficient (Wildman–Crippen LogP) is 5.12. The Balaban J connectivity index is 1.76. The fraction of sp³-hybridized carbons (Fsp3) is 0.500. The van der Waals surface area contributed by atoms with E-state index >= 15 is 0 Å². The zero-order valence-corrected chi connectivity index (χ0v) is 17.2. The maximum absolute atomic E-state index is 11.6. The lowest BCUT2D eigenvalue weighted by Crippen LogP contribution is -2.32. The monoisotopic (exact) mass is 422 g/mol. The second-order valence-electron chi connectivity index (χ2n) is 7.35. The number of rotatable bonds is 7. The number of ether oxygens (including phenoxy) is 1. The summed E-state index contributed by atoms with van der Waals surface area (Å²) < 4.78 is 5.92. The first-order valence-electron chi connectivity index (χ1n) is 8.96. The van der Waals surface area contributed by atoms with Crippen molar-refractivity contribution in [3.8, 4) is 0 Å². The third-order valence-electron chi connectivity index (χ3n) is 3.90. The van der Waals surface area contributed by atoms with Gasteiger partial charge in [-0.15, -0.1) is 0 Å². The summed E-state index contributed by atoms with van der Waals surface area (Å²) in [5.74, 6) is 0. The Morgan fingerprint density at radius 2 is 2.00 bits per heavy atom. The molecular weight excluding hydrogens is 396 g/mol. The quantitative estimate of drug-likeness (QED) is 0.479. The van der Waals surface area contributed by atoms with Crippen molar-refractivity contribution < 1.29 is 14.6 Å². The number of aliphatic hydroxyl groups excluding tert-OH is 1. The van der Waals surface area contributed by atoms with Gasteiger partial charge in [0.2, 0.25) is 0 Å². The molecule has 1 unspecified atom stereocenters. The van der Waals surface area contributed by atoms with E-state index in [1.165, 1.54) is 0 Å². The highest BCUT2D eigenvalue weighted by Gasteiger charge is 2.16. The predicted molar refractivity (Wildman–Crippen MR) is 107 cm³/mol. The summed E-state index contributed by atoms with van der Waals surface area (Å²) >= 11 is 3.41. The molecule has 6 heteroatoms. The number of para-hydroxylation sites is 1. The summed E-state index contributed by atoms with van der Waals surface area (Å²) in [7, 11) is 0. The molecule has 0 bridgehead atoms. The van der Waals surface area contributed by atoms with Crippen LogP contribution in [-0.2, 0) is 4.74 Å². The van der Waals surface area contributed by atoms with Gasteiger partial charge >= 0.3 is 6.09 Å². The van der Waals surface area contributed by atoms with Crippen molar-refractivity contribution in [3.05, 3.63) is 40.5 Å². The van der Waals surface area contributed by atoms with Gasteiger partial charge in [-0.05, 0) is 67.2 Å². The number of amides is 1. The topological polar surface area (TPSA) is 71.5 Å². The molecule has 5 nitrogen and oxygen atoms in total. The molecule has 0 spiro atoms. The summed E-state index contributed by atoms with van der Waals surface area (Å²) in [6, 6.07) is 9.71. The van der Waals surface area contributed by atoms with E-state index < -0.39 is 11.7 Å². The fourth-order valence-corrected chi connectivity index (χ4v) is 3.18. The van der Waals surface area contributed by atoms with E-state index in [2.05, 4.69) is 26.2 Å². The number of aliphatic hydroxyl groups is 1. The number of hydrogen-bond donors (Lipinski definition) is 2. The van der Waals surface area contributed by atoms with Gasteiger partial charge in [0.05, 0.1) is 11.6 Å². The molecule has 142 valence electrons. The zero-order chi connectivity index (χ0) is 19.2. The van der Waals surface area contributed by atoms with Gasteiger partial charge in [0.25, 0.3) is 0 Å². The third kappa shape index (κ3) is 6.57. The molecule has 1 amide bonds. The SMILES string of the molecule is CC(C)(C)OC(=O)NCCCCCC(O)c1cc(Br)nc2ccccc12. The van der Waals surface area contributed by atoms with E-state index in [1.807, 2.05) is 51.1 Å². The van der Waals surface area contributed by atoms with Crippen LogP contribution in [0.15, 0.2) is 34.9 Å². The van der Waals surface area contributed by atoms with Crippen LogP contribution in [0, 0.1) is 0 Å². The van der Waals surface area contributed by atoms with Gasteiger partial charge in [-0.3, -0.25) is 0 Å². The number of carbonyl (C=O) groups excluding carboxylic acids is 1. The molecule has 0 fully saturated rings. The summed E-state index contributed by atoms with van der Waals surface area (Å²) in [6.07, 6.45) is 2.42. The summed E-state index contributed by atoms with van der Waals surface area (Å²) in [6.45, 7) is 6.11. The van der Waals surface area contributed by atoms with Gasteiger partial charge < -0.3 is 15.2 Å². The van der Waals surface area contributed by atoms with Crippen molar-refractivity contribution in [1.29, 1.82) is 0 Å². The number of benzene rings is 1.